The molecule has 124 valence electrons. The molecule has 1 saturated carbocycles. The zero-order chi connectivity index (χ0) is 15.5. The lowest BCUT2D eigenvalue weighted by molar-refractivity contribution is -0.136. The van der Waals surface area contributed by atoms with Crippen LogP contribution < -0.4 is 5.73 Å². The summed E-state index contributed by atoms with van der Waals surface area (Å²) in [7, 11) is 1.77. The van der Waals surface area contributed by atoms with Crippen LogP contribution in [0, 0.1) is 5.92 Å². The fourth-order valence-electron chi connectivity index (χ4n) is 2.15. The number of ether oxygens (including phenoxy) is 1. The Kier molecular flexibility index (Phi) is 7.32. The summed E-state index contributed by atoms with van der Waals surface area (Å²) in [5, 5.41) is 0. The van der Waals surface area contributed by atoms with Gasteiger partial charge < -0.3 is 15.4 Å². The van der Waals surface area contributed by atoms with Gasteiger partial charge in [-0.15, -0.1) is 12.4 Å². The number of nitrogens with zero attached hydrogens (tertiary/aromatic N) is 1. The second-order valence-corrected chi connectivity index (χ2v) is 6.87. The number of carbonyl (C=O) groups is 1. The highest BCUT2D eigenvalue weighted by molar-refractivity contribution is 9.10. The summed E-state index contributed by atoms with van der Waals surface area (Å²) in [4.78, 5) is 14.2. The number of nitrogens with two attached hydrogens (primary N) is 1. The molecule has 0 aliphatic heterocycles. The zero-order valence-electron chi connectivity index (χ0n) is 13.0. The molecule has 0 saturated heterocycles. The molecule has 0 bridgehead atoms. The molecule has 1 amide bonds. The smallest absolute Gasteiger partial charge is 0.246 e. The van der Waals surface area contributed by atoms with Crippen molar-refractivity contribution in [3.63, 3.8) is 0 Å². The standard InChI is InChI=1S/C16H23BrN2O2.ClH/c1-16(18,13-5-7-14(17)8-6-13)15(20)19(2)9-10-21-11-12-3-4-12;/h5-8,12H,3-4,9-11,18H2,1-2H3;1H. The van der Waals surface area contributed by atoms with Gasteiger partial charge in [0, 0.05) is 24.7 Å². The number of rotatable bonds is 7. The molecule has 1 aliphatic rings. The monoisotopic (exact) mass is 390 g/mol. The van der Waals surface area contributed by atoms with Gasteiger partial charge >= 0.3 is 0 Å². The van der Waals surface area contributed by atoms with Gasteiger partial charge in [0.25, 0.3) is 0 Å². The first-order valence-corrected chi connectivity index (χ1v) is 8.09. The van der Waals surface area contributed by atoms with E-state index in [1.54, 1.807) is 18.9 Å². The van der Waals surface area contributed by atoms with Crippen LogP contribution in [-0.4, -0.2) is 37.6 Å². The number of amides is 1. The van der Waals surface area contributed by atoms with Crippen LogP contribution in [0.25, 0.3) is 0 Å². The molecule has 22 heavy (non-hydrogen) atoms. The highest BCUT2D eigenvalue weighted by atomic mass is 79.9. The first-order valence-electron chi connectivity index (χ1n) is 7.29. The van der Waals surface area contributed by atoms with Gasteiger partial charge in [-0.2, -0.15) is 0 Å². The van der Waals surface area contributed by atoms with Crippen molar-refractivity contribution >= 4 is 34.2 Å². The summed E-state index contributed by atoms with van der Waals surface area (Å²) >= 11 is 3.38. The molecule has 0 heterocycles. The Hall–Kier alpha value is -0.620. The topological polar surface area (TPSA) is 55.6 Å². The molecule has 6 heteroatoms. The van der Waals surface area contributed by atoms with E-state index in [-0.39, 0.29) is 18.3 Å². The average molecular weight is 392 g/mol. The molecule has 0 radical (unpaired) electrons. The van der Waals surface area contributed by atoms with Crippen LogP contribution in [0.4, 0.5) is 0 Å². The van der Waals surface area contributed by atoms with Gasteiger partial charge in [0.15, 0.2) is 0 Å². The van der Waals surface area contributed by atoms with E-state index in [4.69, 9.17) is 10.5 Å². The molecule has 2 N–H and O–H groups in total. The maximum absolute atomic E-state index is 12.5. The normalized spacial score (nSPS) is 16.5. The number of hydrogen-bond acceptors (Lipinski definition) is 3. The summed E-state index contributed by atoms with van der Waals surface area (Å²) in [5.41, 5.74) is 6.03. The van der Waals surface area contributed by atoms with Gasteiger partial charge in [-0.05, 0) is 43.4 Å². The third-order valence-corrected chi connectivity index (χ3v) is 4.39. The highest BCUT2D eigenvalue weighted by Crippen LogP contribution is 2.28. The van der Waals surface area contributed by atoms with Crippen LogP contribution in [0.2, 0.25) is 0 Å². The van der Waals surface area contributed by atoms with Crippen molar-refractivity contribution in [3.05, 3.63) is 34.3 Å². The van der Waals surface area contributed by atoms with Gasteiger partial charge in [0.2, 0.25) is 5.91 Å². The van der Waals surface area contributed by atoms with E-state index in [0.29, 0.717) is 13.2 Å². The van der Waals surface area contributed by atoms with Gasteiger partial charge in [0.1, 0.15) is 5.54 Å². The Labute approximate surface area is 146 Å². The molecule has 1 aromatic carbocycles. The summed E-state index contributed by atoms with van der Waals surface area (Å²) in [6.07, 6.45) is 2.55. The molecule has 1 unspecified atom stereocenters. The SMILES string of the molecule is CN(CCOCC1CC1)C(=O)C(C)(N)c1ccc(Br)cc1.Cl. The van der Waals surface area contributed by atoms with Crippen molar-refractivity contribution in [1.82, 2.24) is 4.90 Å². The molecule has 1 aliphatic carbocycles. The summed E-state index contributed by atoms with van der Waals surface area (Å²) < 4.78 is 6.54. The molecule has 0 spiro atoms. The van der Waals surface area contributed by atoms with E-state index in [2.05, 4.69) is 15.9 Å². The van der Waals surface area contributed by atoms with E-state index in [1.165, 1.54) is 12.8 Å². The van der Waals surface area contributed by atoms with Gasteiger partial charge in [-0.3, -0.25) is 4.79 Å². The predicted octanol–water partition coefficient (Wildman–Crippen LogP) is 2.93. The number of carbonyl (C=O) groups excluding carboxylic acids is 1. The van der Waals surface area contributed by atoms with Gasteiger partial charge in [-0.1, -0.05) is 28.1 Å². The van der Waals surface area contributed by atoms with Crippen molar-refractivity contribution in [3.8, 4) is 0 Å². The molecule has 1 aromatic rings. The number of halogens is 2. The Morgan fingerprint density at radius 1 is 1.41 bits per heavy atom. The predicted molar refractivity (Wildman–Crippen MR) is 94.1 cm³/mol. The van der Waals surface area contributed by atoms with Crippen LogP contribution >= 0.6 is 28.3 Å². The van der Waals surface area contributed by atoms with Crippen molar-refractivity contribution < 1.29 is 9.53 Å². The maximum atomic E-state index is 12.5. The van der Waals surface area contributed by atoms with E-state index >= 15 is 0 Å². The van der Waals surface area contributed by atoms with Crippen LogP contribution in [0.15, 0.2) is 28.7 Å². The zero-order valence-corrected chi connectivity index (χ0v) is 15.5. The van der Waals surface area contributed by atoms with Crippen molar-refractivity contribution in [1.29, 1.82) is 0 Å². The van der Waals surface area contributed by atoms with E-state index < -0.39 is 5.54 Å². The average Bonchev–Trinajstić information content (AvgIpc) is 3.27. The largest absolute Gasteiger partial charge is 0.379 e. The lowest BCUT2D eigenvalue weighted by Gasteiger charge is -2.29. The minimum absolute atomic E-state index is 0. The number of likely N-dealkylation sites (N-methyl/N-ethyl adjacent to an activating group) is 1. The summed E-state index contributed by atoms with van der Waals surface area (Å²) in [6.45, 7) is 3.69. The first kappa shape index (κ1) is 19.4. The Morgan fingerprint density at radius 2 is 2.00 bits per heavy atom. The van der Waals surface area contributed by atoms with Gasteiger partial charge in [-0.25, -0.2) is 0 Å². The number of hydrogen-bond donors (Lipinski definition) is 1. The van der Waals surface area contributed by atoms with Crippen molar-refractivity contribution in [2.75, 3.05) is 26.8 Å². The lowest BCUT2D eigenvalue weighted by atomic mass is 9.92. The number of benzene rings is 1. The molecule has 1 atom stereocenters. The Morgan fingerprint density at radius 3 is 2.55 bits per heavy atom. The van der Waals surface area contributed by atoms with Gasteiger partial charge in [0.05, 0.1) is 6.61 Å². The molecule has 1 fully saturated rings. The first-order chi connectivity index (χ1) is 9.91. The van der Waals surface area contributed by atoms with E-state index in [0.717, 1.165) is 22.6 Å². The molecule has 0 aromatic heterocycles. The third-order valence-electron chi connectivity index (χ3n) is 3.86. The molecular formula is C16H24BrClN2O2. The Bertz CT molecular complexity index is 489. The van der Waals surface area contributed by atoms with Crippen molar-refractivity contribution in [2.45, 2.75) is 25.3 Å². The van der Waals surface area contributed by atoms with Crippen LogP contribution in [0.5, 0.6) is 0 Å². The quantitative estimate of drug-likeness (QED) is 0.727. The van der Waals surface area contributed by atoms with Crippen LogP contribution in [0.1, 0.15) is 25.3 Å². The second kappa shape index (κ2) is 8.29. The summed E-state index contributed by atoms with van der Waals surface area (Å²) in [5.74, 6) is 0.647. The summed E-state index contributed by atoms with van der Waals surface area (Å²) in [6, 6.07) is 7.54. The van der Waals surface area contributed by atoms with Crippen LogP contribution in [0.3, 0.4) is 0 Å². The fourth-order valence-corrected chi connectivity index (χ4v) is 2.42. The third kappa shape index (κ3) is 5.23. The van der Waals surface area contributed by atoms with Crippen LogP contribution in [-0.2, 0) is 15.1 Å². The molecule has 2 rings (SSSR count). The highest BCUT2D eigenvalue weighted by Gasteiger charge is 2.33. The van der Waals surface area contributed by atoms with E-state index in [9.17, 15) is 4.79 Å². The minimum Gasteiger partial charge on any atom is -0.379 e. The maximum Gasteiger partial charge on any atom is 0.246 e. The molecular weight excluding hydrogens is 368 g/mol. The molecule has 4 nitrogen and oxygen atoms in total. The van der Waals surface area contributed by atoms with E-state index in [1.807, 2.05) is 24.3 Å². The Balaban J connectivity index is 0.00000242. The lowest BCUT2D eigenvalue weighted by Crippen LogP contribution is -2.50. The minimum atomic E-state index is -1.02. The second-order valence-electron chi connectivity index (χ2n) is 5.95. The fraction of sp³-hybridized carbons (Fsp3) is 0.562. The van der Waals surface area contributed by atoms with Crippen molar-refractivity contribution in [2.24, 2.45) is 11.7 Å².